The van der Waals surface area contributed by atoms with Gasteiger partial charge in [-0.1, -0.05) is 93.6 Å². The van der Waals surface area contributed by atoms with Gasteiger partial charge in [-0.15, -0.1) is 0 Å². The Balaban J connectivity index is 1.21. The summed E-state index contributed by atoms with van der Waals surface area (Å²) in [6.45, 7) is 6.18. The number of rotatable bonds is 3. The lowest BCUT2D eigenvalue weighted by molar-refractivity contribution is 0.0987. The molecule has 1 aliphatic heterocycles. The van der Waals surface area contributed by atoms with Crippen molar-refractivity contribution in [1.29, 1.82) is 0 Å². The van der Waals surface area contributed by atoms with E-state index in [2.05, 4.69) is 92.1 Å². The summed E-state index contributed by atoms with van der Waals surface area (Å²) in [5.41, 5.74) is 5.75. The molecule has 0 atom stereocenters. The van der Waals surface area contributed by atoms with Crippen molar-refractivity contribution in [2.45, 2.75) is 20.8 Å². The molecule has 0 amide bonds. The Kier molecular flexibility index (Phi) is 6.29. The number of fused-ring (bicyclic) bond motifs is 5. The van der Waals surface area contributed by atoms with Gasteiger partial charge in [0.25, 0.3) is 0 Å². The number of Topliss-reactive ketones (excluding diaryl/α,β-unsaturated/α-hetero) is 2. The number of hydrogen-bond donors (Lipinski definition) is 0. The predicted molar refractivity (Wildman–Crippen MR) is 186 cm³/mol. The van der Waals surface area contributed by atoms with E-state index >= 15 is 0 Å². The third-order valence-corrected chi connectivity index (χ3v) is 8.82. The van der Waals surface area contributed by atoms with Crippen molar-refractivity contribution in [3.05, 3.63) is 167 Å². The second kappa shape index (κ2) is 10.4. The lowest BCUT2D eigenvalue weighted by Crippen LogP contribution is -2.16. The molecule has 0 N–H and O–H groups in total. The van der Waals surface area contributed by atoms with Crippen LogP contribution in [0.4, 0.5) is 0 Å². The Morgan fingerprint density at radius 2 is 1.26 bits per heavy atom. The van der Waals surface area contributed by atoms with Crippen molar-refractivity contribution < 1.29 is 14.3 Å². The maximum atomic E-state index is 13.7. The van der Waals surface area contributed by atoms with Crippen LogP contribution in [-0.2, 0) is 4.74 Å². The second-order valence-corrected chi connectivity index (χ2v) is 12.9. The molecule has 0 fully saturated rings. The van der Waals surface area contributed by atoms with Gasteiger partial charge in [-0.3, -0.25) is 9.59 Å². The third-order valence-electron chi connectivity index (χ3n) is 8.82. The summed E-state index contributed by atoms with van der Waals surface area (Å²) >= 11 is 0. The van der Waals surface area contributed by atoms with Crippen LogP contribution in [0.25, 0.3) is 44.3 Å². The van der Waals surface area contributed by atoms with Crippen LogP contribution in [0.5, 0.6) is 0 Å². The molecule has 4 heteroatoms. The van der Waals surface area contributed by atoms with Gasteiger partial charge in [-0.25, -0.2) is 0 Å². The molecule has 1 aromatic heterocycles. The van der Waals surface area contributed by atoms with Gasteiger partial charge < -0.3 is 9.30 Å². The highest BCUT2D eigenvalue weighted by Crippen LogP contribution is 2.39. The van der Waals surface area contributed by atoms with E-state index < -0.39 is 0 Å². The minimum absolute atomic E-state index is 0.191. The molecule has 4 nitrogen and oxygen atoms in total. The van der Waals surface area contributed by atoms with E-state index in [4.69, 9.17) is 4.74 Å². The van der Waals surface area contributed by atoms with E-state index in [-0.39, 0.29) is 22.6 Å². The molecule has 5 aromatic carbocycles. The molecule has 0 spiro atoms. The molecule has 0 bridgehead atoms. The fourth-order valence-corrected chi connectivity index (χ4v) is 6.50. The monoisotopic (exact) mass is 597 g/mol. The summed E-state index contributed by atoms with van der Waals surface area (Å²) in [5.74, 6) is 0.780. The zero-order valence-corrected chi connectivity index (χ0v) is 25.9. The highest BCUT2D eigenvalue weighted by molar-refractivity contribution is 6.41. The van der Waals surface area contributed by atoms with Gasteiger partial charge in [0.05, 0.1) is 16.6 Å². The first-order chi connectivity index (χ1) is 22.3. The lowest BCUT2D eigenvalue weighted by atomic mass is 9.89. The van der Waals surface area contributed by atoms with E-state index in [0.717, 1.165) is 38.4 Å². The Hall–Kier alpha value is -5.74. The fraction of sp³-hybridized carbons (Fsp3) is 0.0952. The van der Waals surface area contributed by atoms with Crippen molar-refractivity contribution in [3.63, 3.8) is 0 Å². The van der Waals surface area contributed by atoms with Gasteiger partial charge in [-0.05, 0) is 82.6 Å². The molecule has 0 unspecified atom stereocenters. The summed E-state index contributed by atoms with van der Waals surface area (Å²) in [4.78, 5) is 27.5. The molecule has 0 saturated carbocycles. The fourth-order valence-electron chi connectivity index (χ4n) is 6.50. The van der Waals surface area contributed by atoms with Crippen molar-refractivity contribution in [1.82, 2.24) is 4.57 Å². The number of aromatic nitrogens is 1. The number of hydrogen-bond acceptors (Lipinski definition) is 3. The average molecular weight is 598 g/mol. The maximum Gasteiger partial charge on any atom is 0.198 e. The van der Waals surface area contributed by atoms with Crippen LogP contribution in [0.2, 0.25) is 0 Å². The second-order valence-electron chi connectivity index (χ2n) is 12.9. The third kappa shape index (κ3) is 4.53. The van der Waals surface area contributed by atoms with Crippen LogP contribution < -0.4 is 0 Å². The molecule has 2 heterocycles. The summed E-state index contributed by atoms with van der Waals surface area (Å²) in [6, 6.07) is 36.8. The Bertz CT molecular complexity index is 2330. The number of carbonyl (C=O) groups is 2. The smallest absolute Gasteiger partial charge is 0.198 e. The van der Waals surface area contributed by atoms with Gasteiger partial charge >= 0.3 is 0 Å². The number of para-hydroxylation sites is 2. The number of carbonyl (C=O) groups excluding carboxylic acids is 2. The van der Waals surface area contributed by atoms with Crippen LogP contribution >= 0.6 is 0 Å². The first-order valence-corrected chi connectivity index (χ1v) is 15.5. The first kappa shape index (κ1) is 27.8. The van der Waals surface area contributed by atoms with Gasteiger partial charge in [0.15, 0.2) is 11.6 Å². The number of ether oxygens (including phenoxy) is 1. The number of ketones is 2. The topological polar surface area (TPSA) is 48.3 Å². The summed E-state index contributed by atoms with van der Waals surface area (Å²) in [6.07, 6.45) is 7.59. The number of nitrogens with zero attached hydrogens (tertiary/aromatic N) is 1. The van der Waals surface area contributed by atoms with Crippen LogP contribution in [0.15, 0.2) is 150 Å². The Morgan fingerprint density at radius 3 is 1.96 bits per heavy atom. The molecule has 0 radical (unpaired) electrons. The highest BCUT2D eigenvalue weighted by atomic mass is 16.5. The van der Waals surface area contributed by atoms with E-state index in [9.17, 15) is 9.59 Å². The van der Waals surface area contributed by atoms with Crippen molar-refractivity contribution in [3.8, 4) is 5.69 Å². The zero-order valence-electron chi connectivity index (χ0n) is 25.9. The number of benzene rings is 5. The molecule has 1 aliphatic carbocycles. The largest absolute Gasteiger partial charge is 0.461 e. The van der Waals surface area contributed by atoms with E-state index in [1.165, 1.54) is 5.39 Å². The predicted octanol–water partition coefficient (Wildman–Crippen LogP) is 10.2. The maximum absolute atomic E-state index is 13.7. The number of allylic oxidation sites excluding steroid dienone is 6. The Labute approximate surface area is 267 Å². The van der Waals surface area contributed by atoms with Crippen LogP contribution in [0.3, 0.4) is 0 Å². The average Bonchev–Trinajstić information content (AvgIpc) is 3.52. The molecular weight excluding hydrogens is 566 g/mol. The Morgan fingerprint density at radius 1 is 0.630 bits per heavy atom. The molecule has 8 rings (SSSR count). The normalized spacial score (nSPS) is 15.2. The summed E-state index contributed by atoms with van der Waals surface area (Å²) in [7, 11) is 0. The summed E-state index contributed by atoms with van der Waals surface area (Å²) in [5, 5.41) is 4.22. The van der Waals surface area contributed by atoms with Gasteiger partial charge in [0.1, 0.15) is 11.5 Å². The first-order valence-electron chi connectivity index (χ1n) is 15.5. The molecule has 6 aromatic rings. The summed E-state index contributed by atoms with van der Waals surface area (Å²) < 4.78 is 8.66. The van der Waals surface area contributed by atoms with E-state index in [1.54, 1.807) is 0 Å². The van der Waals surface area contributed by atoms with Crippen molar-refractivity contribution >= 4 is 50.2 Å². The zero-order chi connectivity index (χ0) is 31.6. The van der Waals surface area contributed by atoms with Crippen LogP contribution in [0.1, 0.15) is 47.1 Å². The molecule has 0 saturated heterocycles. The lowest BCUT2D eigenvalue weighted by Gasteiger charge is -2.27. The highest BCUT2D eigenvalue weighted by Gasteiger charge is 2.36. The van der Waals surface area contributed by atoms with Gasteiger partial charge in [-0.2, -0.15) is 0 Å². The van der Waals surface area contributed by atoms with Crippen molar-refractivity contribution in [2.24, 2.45) is 5.41 Å². The molecular formula is C42H31NO3. The van der Waals surface area contributed by atoms with Crippen LogP contribution in [-0.4, -0.2) is 16.1 Å². The standard InChI is InChI=1S/C42H31NO3/c1-42(2,3)38-25-29(39-40(44)34-23-27-11-7-8-12-28(27)24-35(34)41(39)45)22-31(46-38)19-17-26-18-20-37-33(21-26)32-15-9-10-16-36(32)43(37)30-13-5-4-6-14-30/h4-25H,1-3H3. The molecule has 46 heavy (non-hydrogen) atoms. The van der Waals surface area contributed by atoms with Gasteiger partial charge in [0, 0.05) is 33.0 Å². The minimum atomic E-state index is -0.344. The van der Waals surface area contributed by atoms with Crippen molar-refractivity contribution in [2.75, 3.05) is 0 Å². The molecule has 222 valence electrons. The van der Waals surface area contributed by atoms with Gasteiger partial charge in [0.2, 0.25) is 0 Å². The quantitative estimate of drug-likeness (QED) is 0.151. The van der Waals surface area contributed by atoms with Crippen LogP contribution in [0, 0.1) is 5.41 Å². The minimum Gasteiger partial charge on any atom is -0.461 e. The van der Waals surface area contributed by atoms with E-state index in [0.29, 0.717) is 28.2 Å². The SMILES string of the molecule is CC(C)(C)C1=CC(=C2C(=O)c3cc4ccccc4cc3C2=O)C=C(C=Cc2ccc3c(c2)c2ccccc2n3-c2ccccc2)O1. The van der Waals surface area contributed by atoms with E-state index in [1.807, 2.05) is 66.8 Å². The molecule has 2 aliphatic rings.